The summed E-state index contributed by atoms with van der Waals surface area (Å²) in [6, 6.07) is 18.7. The van der Waals surface area contributed by atoms with Gasteiger partial charge in [0.05, 0.1) is 17.1 Å². The van der Waals surface area contributed by atoms with Crippen molar-refractivity contribution in [2.24, 2.45) is 4.99 Å². The number of rotatable bonds is 4. The number of nitrogens with one attached hydrogen (secondary N) is 1. The lowest BCUT2D eigenvalue weighted by Gasteiger charge is -2.25. The first-order valence-corrected chi connectivity index (χ1v) is 11.3. The molecule has 1 N–H and O–H groups in total. The number of fused-ring (bicyclic) bond motifs is 1. The minimum absolute atomic E-state index is 0.119. The number of hydrogen-bond acceptors (Lipinski definition) is 4. The Labute approximate surface area is 197 Å². The van der Waals surface area contributed by atoms with E-state index in [1.807, 2.05) is 50.1 Å². The van der Waals surface area contributed by atoms with E-state index in [1.165, 1.54) is 6.07 Å². The van der Waals surface area contributed by atoms with Crippen LogP contribution in [0.3, 0.4) is 0 Å². The van der Waals surface area contributed by atoms with E-state index in [-0.39, 0.29) is 5.69 Å². The van der Waals surface area contributed by atoms with Gasteiger partial charge in [-0.3, -0.25) is 9.79 Å². The molecule has 1 amide bonds. The maximum absolute atomic E-state index is 15.0. The summed E-state index contributed by atoms with van der Waals surface area (Å²) in [5.74, 6) is -0.160. The molecule has 0 atom stereocenters. The number of aromatic nitrogens is 2. The van der Waals surface area contributed by atoms with Crippen LogP contribution in [0.4, 0.5) is 10.1 Å². The molecule has 3 aromatic carbocycles. The van der Waals surface area contributed by atoms with Gasteiger partial charge >= 0.3 is 0 Å². The monoisotopic (exact) mass is 455 g/mol. The molecule has 0 spiro atoms. The molecule has 34 heavy (non-hydrogen) atoms. The first-order chi connectivity index (χ1) is 16.4. The van der Waals surface area contributed by atoms with Gasteiger partial charge in [-0.15, -0.1) is 0 Å². The van der Waals surface area contributed by atoms with Gasteiger partial charge in [-0.05, 0) is 73.0 Å². The van der Waals surface area contributed by atoms with Gasteiger partial charge in [0.15, 0.2) is 0 Å². The SMILES string of the molecule is Cc1cc(C(=O)Nc2ccc(C3=NCCCN3C)cc2F)n(-c2cc3ccccc3cc2C)n1. The van der Waals surface area contributed by atoms with Crippen molar-refractivity contribution < 1.29 is 9.18 Å². The number of carbonyl (C=O) groups excluding carboxylic acids is 1. The van der Waals surface area contributed by atoms with E-state index in [0.29, 0.717) is 17.0 Å². The zero-order valence-corrected chi connectivity index (χ0v) is 19.5. The lowest BCUT2D eigenvalue weighted by atomic mass is 10.1. The van der Waals surface area contributed by atoms with Crippen LogP contribution in [0.25, 0.3) is 16.5 Å². The first kappa shape index (κ1) is 21.8. The summed E-state index contributed by atoms with van der Waals surface area (Å²) in [5, 5.41) is 9.45. The Kier molecular flexibility index (Phi) is 5.61. The van der Waals surface area contributed by atoms with Crippen molar-refractivity contribution in [1.29, 1.82) is 0 Å². The van der Waals surface area contributed by atoms with Crippen LogP contribution in [0.15, 0.2) is 65.7 Å². The molecule has 4 aromatic rings. The van der Waals surface area contributed by atoms with Gasteiger partial charge in [0.25, 0.3) is 5.91 Å². The molecule has 7 heteroatoms. The van der Waals surface area contributed by atoms with Crippen molar-refractivity contribution in [1.82, 2.24) is 14.7 Å². The number of anilines is 1. The van der Waals surface area contributed by atoms with Crippen molar-refractivity contribution in [3.05, 3.63) is 89.0 Å². The number of carbonyl (C=O) groups is 1. The summed E-state index contributed by atoms with van der Waals surface area (Å²) in [7, 11) is 1.95. The van der Waals surface area contributed by atoms with E-state index in [9.17, 15) is 9.18 Å². The van der Waals surface area contributed by atoms with E-state index in [2.05, 4.69) is 27.5 Å². The number of hydrogen-bond donors (Lipinski definition) is 1. The van der Waals surface area contributed by atoms with Crippen molar-refractivity contribution in [2.75, 3.05) is 25.5 Å². The minimum atomic E-state index is -0.503. The van der Waals surface area contributed by atoms with Crippen LogP contribution in [0.2, 0.25) is 0 Å². The van der Waals surface area contributed by atoms with Crippen molar-refractivity contribution in [3.8, 4) is 5.69 Å². The summed E-state index contributed by atoms with van der Waals surface area (Å²) < 4.78 is 16.6. The average molecular weight is 456 g/mol. The quantitative estimate of drug-likeness (QED) is 0.465. The van der Waals surface area contributed by atoms with Gasteiger partial charge in [0.2, 0.25) is 0 Å². The smallest absolute Gasteiger partial charge is 0.274 e. The number of aliphatic imine (C=N–C) groups is 1. The molecule has 0 fully saturated rings. The largest absolute Gasteiger partial charge is 0.359 e. The Morgan fingerprint density at radius 2 is 1.79 bits per heavy atom. The fourth-order valence-corrected chi connectivity index (χ4v) is 4.39. The second-order valence-corrected chi connectivity index (χ2v) is 8.70. The van der Waals surface area contributed by atoms with Crippen molar-refractivity contribution >= 4 is 28.2 Å². The Balaban J connectivity index is 1.46. The number of amides is 1. The highest BCUT2D eigenvalue weighted by molar-refractivity contribution is 6.04. The maximum Gasteiger partial charge on any atom is 0.274 e. The van der Waals surface area contributed by atoms with E-state index < -0.39 is 11.7 Å². The third kappa shape index (κ3) is 4.05. The van der Waals surface area contributed by atoms with Gasteiger partial charge in [-0.1, -0.05) is 24.3 Å². The van der Waals surface area contributed by atoms with Crippen LogP contribution in [0.1, 0.15) is 33.7 Å². The van der Waals surface area contributed by atoms with Crippen molar-refractivity contribution in [3.63, 3.8) is 0 Å². The summed E-state index contributed by atoms with van der Waals surface area (Å²) >= 11 is 0. The Bertz CT molecular complexity index is 1440. The molecule has 0 unspecified atom stereocenters. The van der Waals surface area contributed by atoms with E-state index in [1.54, 1.807) is 22.9 Å². The second kappa shape index (κ2) is 8.74. The molecule has 0 aliphatic carbocycles. The zero-order chi connectivity index (χ0) is 23.8. The lowest BCUT2D eigenvalue weighted by Crippen LogP contribution is -2.32. The molecule has 172 valence electrons. The van der Waals surface area contributed by atoms with Gasteiger partial charge < -0.3 is 10.2 Å². The zero-order valence-electron chi connectivity index (χ0n) is 19.5. The van der Waals surface area contributed by atoms with Crippen LogP contribution in [-0.2, 0) is 0 Å². The van der Waals surface area contributed by atoms with Crippen LogP contribution >= 0.6 is 0 Å². The highest BCUT2D eigenvalue weighted by atomic mass is 19.1. The van der Waals surface area contributed by atoms with E-state index in [4.69, 9.17) is 0 Å². The highest BCUT2D eigenvalue weighted by Gasteiger charge is 2.20. The van der Waals surface area contributed by atoms with E-state index >= 15 is 0 Å². The fourth-order valence-electron chi connectivity index (χ4n) is 4.39. The number of nitrogens with zero attached hydrogens (tertiary/aromatic N) is 4. The number of aryl methyl sites for hydroxylation is 2. The summed E-state index contributed by atoms with van der Waals surface area (Å²) in [6.07, 6.45) is 0.987. The lowest BCUT2D eigenvalue weighted by molar-refractivity contribution is 0.101. The maximum atomic E-state index is 15.0. The molecule has 0 saturated carbocycles. The third-order valence-electron chi connectivity index (χ3n) is 6.11. The highest BCUT2D eigenvalue weighted by Crippen LogP contribution is 2.25. The van der Waals surface area contributed by atoms with E-state index in [0.717, 1.165) is 47.4 Å². The van der Waals surface area contributed by atoms with Crippen molar-refractivity contribution in [2.45, 2.75) is 20.3 Å². The Morgan fingerprint density at radius 1 is 1.03 bits per heavy atom. The predicted molar refractivity (Wildman–Crippen MR) is 134 cm³/mol. The molecular weight excluding hydrogens is 429 g/mol. The minimum Gasteiger partial charge on any atom is -0.359 e. The third-order valence-corrected chi connectivity index (χ3v) is 6.11. The number of halogens is 1. The number of benzene rings is 3. The standard InChI is InChI=1S/C27H26FN5O/c1-17-13-19-7-4-5-8-20(19)16-24(17)33-25(14-18(2)31-33)27(34)30-23-10-9-21(15-22(23)28)26-29-11-6-12-32(26)3/h4-5,7-10,13-16H,6,11-12H2,1-3H3,(H,30,34). The van der Waals surface area contributed by atoms with Crippen LogP contribution in [-0.4, -0.2) is 46.6 Å². The molecule has 1 aromatic heterocycles. The molecule has 5 rings (SSSR count). The first-order valence-electron chi connectivity index (χ1n) is 11.3. The molecular formula is C27H26FN5O. The molecule has 6 nitrogen and oxygen atoms in total. The van der Waals surface area contributed by atoms with Crippen LogP contribution < -0.4 is 5.32 Å². The fraction of sp³-hybridized carbons (Fsp3) is 0.222. The predicted octanol–water partition coefficient (Wildman–Crippen LogP) is 5.12. The summed E-state index contributed by atoms with van der Waals surface area (Å²) in [6.45, 7) is 5.44. The molecule has 2 heterocycles. The number of amidine groups is 1. The summed E-state index contributed by atoms with van der Waals surface area (Å²) in [4.78, 5) is 19.7. The average Bonchev–Trinajstić information content (AvgIpc) is 3.21. The van der Waals surface area contributed by atoms with Crippen LogP contribution in [0, 0.1) is 19.7 Å². The normalized spacial score (nSPS) is 13.8. The molecule has 0 bridgehead atoms. The summed E-state index contributed by atoms with van der Waals surface area (Å²) in [5.41, 5.74) is 3.66. The molecule has 0 saturated heterocycles. The molecule has 0 radical (unpaired) electrons. The van der Waals surface area contributed by atoms with Gasteiger partial charge in [0.1, 0.15) is 17.3 Å². The molecule has 1 aliphatic heterocycles. The second-order valence-electron chi connectivity index (χ2n) is 8.70. The Hall–Kier alpha value is -4.00. The molecule has 1 aliphatic rings. The van der Waals surface area contributed by atoms with Gasteiger partial charge in [0, 0.05) is 25.7 Å². The van der Waals surface area contributed by atoms with Gasteiger partial charge in [-0.2, -0.15) is 5.10 Å². The Morgan fingerprint density at radius 3 is 2.53 bits per heavy atom. The topological polar surface area (TPSA) is 62.5 Å². The van der Waals surface area contributed by atoms with Gasteiger partial charge in [-0.25, -0.2) is 9.07 Å². The van der Waals surface area contributed by atoms with Crippen LogP contribution in [0.5, 0.6) is 0 Å².